The van der Waals surface area contributed by atoms with E-state index in [4.69, 9.17) is 15.7 Å². The molecule has 5 rings (SSSR count). The SMILES string of the molecule is C.CC(Cc1ccc(CS(=O)(=O)c2ccccc2)cc1)C(=O)NO.COc1cc(S(=O)(=O)Cc2ccc(CCC(=O)Cc3ccccc3N)cc2)ccc1C. The Morgan fingerprint density at radius 3 is 1.82 bits per heavy atom. The molecular weight excluding hydrogens is 737 g/mol. The Bertz CT molecular complexity index is 2240. The van der Waals surface area contributed by atoms with E-state index in [1.165, 1.54) is 7.11 Å². The first-order valence-corrected chi connectivity index (χ1v) is 20.6. The molecule has 5 aromatic rings. The highest BCUT2D eigenvalue weighted by Crippen LogP contribution is 2.25. The van der Waals surface area contributed by atoms with Crippen molar-refractivity contribution < 1.29 is 36.4 Å². The summed E-state index contributed by atoms with van der Waals surface area (Å²) in [6.07, 6.45) is 1.81. The Morgan fingerprint density at radius 2 is 1.25 bits per heavy atom. The lowest BCUT2D eigenvalue weighted by atomic mass is 10.00. The molecule has 1 unspecified atom stereocenters. The third-order valence-electron chi connectivity index (χ3n) is 8.84. The average Bonchev–Trinajstić information content (AvgIpc) is 3.16. The van der Waals surface area contributed by atoms with Gasteiger partial charge in [-0.3, -0.25) is 14.8 Å². The van der Waals surface area contributed by atoms with Crippen molar-refractivity contribution in [3.8, 4) is 5.75 Å². The van der Waals surface area contributed by atoms with Gasteiger partial charge < -0.3 is 10.5 Å². The number of amides is 1. The summed E-state index contributed by atoms with van der Waals surface area (Å²) >= 11 is 0. The van der Waals surface area contributed by atoms with Gasteiger partial charge in [0.05, 0.1) is 28.4 Å². The number of hydrogen-bond donors (Lipinski definition) is 3. The molecule has 0 aliphatic heterocycles. The minimum absolute atomic E-state index is 0. The van der Waals surface area contributed by atoms with Gasteiger partial charge in [0, 0.05) is 24.4 Å². The first-order valence-electron chi connectivity index (χ1n) is 17.3. The predicted molar refractivity (Wildman–Crippen MR) is 216 cm³/mol. The van der Waals surface area contributed by atoms with Gasteiger partial charge in [-0.25, -0.2) is 22.3 Å². The number of hydroxylamine groups is 1. The Balaban J connectivity index is 0.000000303. The fraction of sp³-hybridized carbons (Fsp3) is 0.256. The number of rotatable bonds is 15. The molecule has 0 aliphatic carbocycles. The fourth-order valence-corrected chi connectivity index (χ4v) is 8.37. The lowest BCUT2D eigenvalue weighted by Gasteiger charge is -2.10. The standard InChI is InChI=1S/C25H27NO4S.C17H19NO4S.CH4/c1-18-7-14-23(16-25(18)30-2)31(28,29)17-20-10-8-19(9-11-20)12-13-22(27)15-21-5-3-4-6-24(21)26;1-13(17(19)18-20)11-14-7-9-15(10-8-14)12-23(21,22)16-5-3-2-4-6-16;/h3-11,14,16H,12-13,15,17,26H2,1-2H3;2-10,13,20H,11-12H2,1H3,(H,18,19);1H4. The zero-order valence-electron chi connectivity index (χ0n) is 30.6. The number of anilines is 1. The smallest absolute Gasteiger partial charge is 0.246 e. The molecule has 4 N–H and O–H groups in total. The van der Waals surface area contributed by atoms with Crippen molar-refractivity contribution in [2.45, 2.75) is 68.3 Å². The summed E-state index contributed by atoms with van der Waals surface area (Å²) in [5, 5.41) is 8.60. The molecule has 0 fully saturated rings. The number of methoxy groups -OCH3 is 1. The Morgan fingerprint density at radius 1 is 0.727 bits per heavy atom. The summed E-state index contributed by atoms with van der Waals surface area (Å²) in [5.74, 6) is -0.286. The second-order valence-corrected chi connectivity index (χ2v) is 17.1. The van der Waals surface area contributed by atoms with Crippen LogP contribution in [0.25, 0.3) is 0 Å². The lowest BCUT2D eigenvalue weighted by molar-refractivity contribution is -0.132. The minimum Gasteiger partial charge on any atom is -0.496 e. The summed E-state index contributed by atoms with van der Waals surface area (Å²) < 4.78 is 55.4. The third kappa shape index (κ3) is 13.2. The van der Waals surface area contributed by atoms with Crippen LogP contribution in [0.4, 0.5) is 5.69 Å². The molecular formula is C43H50N2O8S2. The number of nitrogen functional groups attached to an aromatic ring is 1. The van der Waals surface area contributed by atoms with Crippen molar-refractivity contribution in [2.75, 3.05) is 12.8 Å². The summed E-state index contributed by atoms with van der Waals surface area (Å²) in [6, 6.07) is 35.1. The number of nitrogens with one attached hydrogen (secondary N) is 1. The normalized spacial score (nSPS) is 11.6. The molecule has 0 aromatic heterocycles. The van der Waals surface area contributed by atoms with Gasteiger partial charge in [-0.15, -0.1) is 0 Å². The number of nitrogens with two attached hydrogens (primary N) is 1. The van der Waals surface area contributed by atoms with E-state index < -0.39 is 25.6 Å². The lowest BCUT2D eigenvalue weighted by Crippen LogP contribution is -2.27. The fourth-order valence-electron chi connectivity index (χ4n) is 5.64. The molecule has 0 radical (unpaired) electrons. The van der Waals surface area contributed by atoms with Gasteiger partial charge in [-0.1, -0.05) is 105 Å². The molecule has 1 amide bonds. The third-order valence-corrected chi connectivity index (χ3v) is 12.2. The summed E-state index contributed by atoms with van der Waals surface area (Å²) in [5.41, 5.74) is 13.2. The molecule has 0 saturated carbocycles. The second kappa shape index (κ2) is 20.4. The highest BCUT2D eigenvalue weighted by atomic mass is 32.2. The van der Waals surface area contributed by atoms with Gasteiger partial charge in [0.25, 0.3) is 0 Å². The van der Waals surface area contributed by atoms with Crippen LogP contribution in [-0.2, 0) is 60.0 Å². The van der Waals surface area contributed by atoms with Crippen LogP contribution >= 0.6 is 0 Å². The van der Waals surface area contributed by atoms with Crippen LogP contribution in [0, 0.1) is 12.8 Å². The number of hydrogen-bond acceptors (Lipinski definition) is 9. The van der Waals surface area contributed by atoms with Crippen molar-refractivity contribution in [1.29, 1.82) is 0 Å². The molecule has 10 nitrogen and oxygen atoms in total. The summed E-state index contributed by atoms with van der Waals surface area (Å²) in [7, 11) is -5.32. The van der Waals surface area contributed by atoms with E-state index in [-0.39, 0.29) is 35.5 Å². The number of para-hydroxylation sites is 1. The number of ketones is 1. The molecule has 55 heavy (non-hydrogen) atoms. The Kier molecular flexibility index (Phi) is 16.4. The number of aryl methyl sites for hydroxylation is 2. The number of sulfone groups is 2. The van der Waals surface area contributed by atoms with E-state index >= 15 is 0 Å². The topological polar surface area (TPSA) is 170 Å². The molecule has 12 heteroatoms. The van der Waals surface area contributed by atoms with Gasteiger partial charge in [-0.2, -0.15) is 0 Å². The van der Waals surface area contributed by atoms with Gasteiger partial charge >= 0.3 is 0 Å². The quantitative estimate of drug-likeness (QED) is 0.0561. The van der Waals surface area contributed by atoms with Crippen molar-refractivity contribution in [2.24, 2.45) is 5.92 Å². The maximum absolute atomic E-state index is 12.8. The van der Waals surface area contributed by atoms with E-state index in [2.05, 4.69) is 0 Å². The molecule has 0 aliphatic rings. The number of carbonyl (C=O) groups excluding carboxylic acids is 2. The zero-order valence-corrected chi connectivity index (χ0v) is 32.2. The van der Waals surface area contributed by atoms with Crippen molar-refractivity contribution in [1.82, 2.24) is 5.48 Å². The predicted octanol–water partition coefficient (Wildman–Crippen LogP) is 7.28. The minimum atomic E-state index is -3.49. The van der Waals surface area contributed by atoms with Crippen LogP contribution in [0.15, 0.2) is 131 Å². The van der Waals surface area contributed by atoms with Gasteiger partial charge in [0.2, 0.25) is 5.91 Å². The molecule has 1 atom stereocenters. The van der Waals surface area contributed by atoms with Crippen LogP contribution in [0.2, 0.25) is 0 Å². The van der Waals surface area contributed by atoms with Crippen LogP contribution in [-0.4, -0.2) is 40.8 Å². The maximum Gasteiger partial charge on any atom is 0.246 e. The first kappa shape index (κ1) is 44.1. The van der Waals surface area contributed by atoms with Gasteiger partial charge in [0.1, 0.15) is 11.5 Å². The summed E-state index contributed by atoms with van der Waals surface area (Å²) in [6.45, 7) is 3.58. The first-order chi connectivity index (χ1) is 25.7. The molecule has 0 bridgehead atoms. The highest BCUT2D eigenvalue weighted by molar-refractivity contribution is 7.91. The zero-order chi connectivity index (χ0) is 39.3. The van der Waals surface area contributed by atoms with Crippen LogP contribution in [0.5, 0.6) is 5.75 Å². The number of carbonyl (C=O) groups is 2. The van der Waals surface area contributed by atoms with Crippen molar-refractivity contribution in [3.63, 3.8) is 0 Å². The number of ether oxygens (including phenoxy) is 1. The van der Waals surface area contributed by atoms with Gasteiger partial charge in [0.15, 0.2) is 19.7 Å². The number of Topliss-reactive ketones (excluding diaryl/α,β-unsaturated/α-hetero) is 1. The molecule has 0 saturated heterocycles. The van der Waals surface area contributed by atoms with Crippen LogP contribution < -0.4 is 16.0 Å². The van der Waals surface area contributed by atoms with E-state index in [0.717, 1.165) is 22.3 Å². The number of benzene rings is 5. The molecule has 5 aromatic carbocycles. The Labute approximate surface area is 325 Å². The second-order valence-electron chi connectivity index (χ2n) is 13.1. The average molecular weight is 787 g/mol. The largest absolute Gasteiger partial charge is 0.496 e. The van der Waals surface area contributed by atoms with E-state index in [0.29, 0.717) is 53.1 Å². The van der Waals surface area contributed by atoms with E-state index in [1.807, 2.05) is 37.3 Å². The van der Waals surface area contributed by atoms with E-state index in [9.17, 15) is 26.4 Å². The monoisotopic (exact) mass is 786 g/mol. The Hall–Kier alpha value is -5.30. The summed E-state index contributed by atoms with van der Waals surface area (Å²) in [4.78, 5) is 24.1. The highest BCUT2D eigenvalue weighted by Gasteiger charge is 2.18. The van der Waals surface area contributed by atoms with Crippen LogP contribution in [0.3, 0.4) is 0 Å². The van der Waals surface area contributed by atoms with Crippen LogP contribution in [0.1, 0.15) is 54.2 Å². The van der Waals surface area contributed by atoms with Crippen molar-refractivity contribution in [3.05, 3.63) is 155 Å². The molecule has 0 spiro atoms. The van der Waals surface area contributed by atoms with Crippen molar-refractivity contribution >= 4 is 37.1 Å². The molecule has 0 heterocycles. The molecule has 292 valence electrons. The van der Waals surface area contributed by atoms with E-state index in [1.54, 1.807) is 103 Å². The van der Waals surface area contributed by atoms with Gasteiger partial charge in [-0.05, 0) is 83.5 Å². The maximum atomic E-state index is 12.8.